The molecule has 1 atom stereocenters. The number of carbonyl (C=O) groups excluding carboxylic acids is 1. The number of amides is 1. The second-order valence-electron chi connectivity index (χ2n) is 3.80. The zero-order chi connectivity index (χ0) is 11.3. The van der Waals surface area contributed by atoms with E-state index in [2.05, 4.69) is 5.16 Å². The number of nitrogens with zero attached hydrogens (tertiary/aromatic N) is 1. The predicted octanol–water partition coefficient (Wildman–Crippen LogP) is 1.04. The van der Waals surface area contributed by atoms with Crippen LogP contribution in [0.2, 0.25) is 0 Å². The lowest BCUT2D eigenvalue weighted by molar-refractivity contribution is -0.134. The average Bonchev–Trinajstić information content (AvgIpc) is 2.26. The van der Waals surface area contributed by atoms with Gasteiger partial charge in [-0.2, -0.15) is 0 Å². The lowest BCUT2D eigenvalue weighted by atomic mass is 9.95. The van der Waals surface area contributed by atoms with Gasteiger partial charge in [0.2, 0.25) is 5.91 Å². The first-order valence-electron chi connectivity index (χ1n) is 5.32. The van der Waals surface area contributed by atoms with Gasteiger partial charge in [-0.25, -0.2) is 0 Å². The highest BCUT2D eigenvalue weighted by Crippen LogP contribution is 2.20. The molecule has 5 nitrogen and oxygen atoms in total. The Morgan fingerprint density at radius 1 is 1.67 bits per heavy atom. The lowest BCUT2D eigenvalue weighted by Gasteiger charge is -2.25. The summed E-state index contributed by atoms with van der Waals surface area (Å²) in [5, 5.41) is 11.8. The number of ether oxygens (including phenoxy) is 1. The van der Waals surface area contributed by atoms with Gasteiger partial charge in [0.15, 0.2) is 0 Å². The summed E-state index contributed by atoms with van der Waals surface area (Å²) < 4.78 is 5.58. The van der Waals surface area contributed by atoms with E-state index in [4.69, 9.17) is 15.7 Å². The van der Waals surface area contributed by atoms with Crippen LogP contribution in [0, 0.1) is 0 Å². The Kier molecular flexibility index (Phi) is 4.55. The third-order valence-corrected chi connectivity index (χ3v) is 2.70. The number of carbonyl (C=O) groups is 1. The predicted molar refractivity (Wildman–Crippen MR) is 55.8 cm³/mol. The van der Waals surface area contributed by atoms with Crippen LogP contribution in [-0.4, -0.2) is 29.0 Å². The molecule has 0 bridgehead atoms. The van der Waals surface area contributed by atoms with Gasteiger partial charge in [0.1, 0.15) is 6.10 Å². The summed E-state index contributed by atoms with van der Waals surface area (Å²) in [4.78, 5) is 11.0. The molecule has 15 heavy (non-hydrogen) atoms. The number of nitrogens with two attached hydrogens (primary N) is 1. The van der Waals surface area contributed by atoms with E-state index in [1.807, 2.05) is 6.92 Å². The Balaban J connectivity index is 2.37. The molecule has 1 saturated carbocycles. The monoisotopic (exact) mass is 214 g/mol. The van der Waals surface area contributed by atoms with Crippen LogP contribution in [0.15, 0.2) is 5.16 Å². The van der Waals surface area contributed by atoms with Crippen LogP contribution in [0.1, 0.15) is 39.0 Å². The van der Waals surface area contributed by atoms with Gasteiger partial charge in [0.05, 0.1) is 11.8 Å². The van der Waals surface area contributed by atoms with Gasteiger partial charge in [-0.15, -0.1) is 0 Å². The van der Waals surface area contributed by atoms with Crippen molar-refractivity contribution in [1.29, 1.82) is 0 Å². The van der Waals surface area contributed by atoms with E-state index >= 15 is 0 Å². The molecule has 1 rings (SSSR count). The molecule has 0 aromatic rings. The molecule has 1 unspecified atom stereocenters. The van der Waals surface area contributed by atoms with Gasteiger partial charge >= 0.3 is 0 Å². The maximum Gasteiger partial charge on any atom is 0.246 e. The molecule has 5 heteroatoms. The molecular formula is C10H18N2O3. The van der Waals surface area contributed by atoms with E-state index in [1.54, 1.807) is 0 Å². The molecule has 0 heterocycles. The summed E-state index contributed by atoms with van der Waals surface area (Å²) in [5.41, 5.74) is 6.00. The molecule has 1 aliphatic rings. The van der Waals surface area contributed by atoms with E-state index in [1.165, 1.54) is 0 Å². The fourth-order valence-corrected chi connectivity index (χ4v) is 1.76. The van der Waals surface area contributed by atoms with E-state index < -0.39 is 12.0 Å². The fourth-order valence-electron chi connectivity index (χ4n) is 1.76. The van der Waals surface area contributed by atoms with Gasteiger partial charge in [0, 0.05) is 0 Å². The number of oxime groups is 1. The second kappa shape index (κ2) is 5.70. The Morgan fingerprint density at radius 2 is 2.27 bits per heavy atom. The lowest BCUT2D eigenvalue weighted by Crippen LogP contribution is -2.35. The van der Waals surface area contributed by atoms with Gasteiger partial charge in [-0.3, -0.25) is 4.79 Å². The van der Waals surface area contributed by atoms with E-state index in [0.717, 1.165) is 31.4 Å². The Hall–Kier alpha value is -1.10. The first-order chi connectivity index (χ1) is 7.17. The number of rotatable bonds is 4. The highest BCUT2D eigenvalue weighted by atomic mass is 16.5. The fraction of sp³-hybridized carbons (Fsp3) is 0.800. The molecule has 0 aliphatic heterocycles. The zero-order valence-corrected chi connectivity index (χ0v) is 8.98. The van der Waals surface area contributed by atoms with Crippen molar-refractivity contribution in [2.24, 2.45) is 10.9 Å². The summed E-state index contributed by atoms with van der Waals surface area (Å²) in [5.74, 6) is -0.404. The van der Waals surface area contributed by atoms with Crippen LogP contribution in [-0.2, 0) is 9.53 Å². The molecule has 1 fully saturated rings. The smallest absolute Gasteiger partial charge is 0.246 e. The molecule has 1 aliphatic carbocycles. The minimum Gasteiger partial charge on any atom is -0.411 e. The van der Waals surface area contributed by atoms with Crippen LogP contribution in [0.5, 0.6) is 0 Å². The minimum absolute atomic E-state index is 0.0629. The van der Waals surface area contributed by atoms with Crippen molar-refractivity contribution in [3.05, 3.63) is 0 Å². The molecule has 0 radical (unpaired) electrons. The highest BCUT2D eigenvalue weighted by molar-refractivity contribution is 5.84. The first kappa shape index (κ1) is 12.0. The Bertz CT molecular complexity index is 243. The number of primary amides is 1. The largest absolute Gasteiger partial charge is 0.411 e. The van der Waals surface area contributed by atoms with Crippen molar-refractivity contribution in [1.82, 2.24) is 0 Å². The second-order valence-corrected chi connectivity index (χ2v) is 3.80. The van der Waals surface area contributed by atoms with E-state index in [9.17, 15) is 4.79 Å². The third kappa shape index (κ3) is 3.51. The van der Waals surface area contributed by atoms with Gasteiger partial charge < -0.3 is 15.7 Å². The number of hydrogen-bond acceptors (Lipinski definition) is 4. The summed E-state index contributed by atoms with van der Waals surface area (Å²) in [6.07, 6.45) is 3.24. The minimum atomic E-state index is -0.484. The first-order valence-corrected chi connectivity index (χ1v) is 5.32. The third-order valence-electron chi connectivity index (χ3n) is 2.70. The quantitative estimate of drug-likeness (QED) is 0.541. The van der Waals surface area contributed by atoms with Crippen LogP contribution in [0.25, 0.3) is 0 Å². The number of hydrogen-bond donors (Lipinski definition) is 2. The van der Waals surface area contributed by atoms with E-state index in [0.29, 0.717) is 6.42 Å². The molecule has 0 spiro atoms. The molecule has 3 N–H and O–H groups in total. The van der Waals surface area contributed by atoms with Crippen molar-refractivity contribution < 1.29 is 14.7 Å². The SMILES string of the molecule is CCC(OC1CCC(=NO)CC1)C(N)=O. The average molecular weight is 214 g/mol. The zero-order valence-electron chi connectivity index (χ0n) is 8.98. The van der Waals surface area contributed by atoms with Gasteiger partial charge in [-0.05, 0) is 32.1 Å². The van der Waals surface area contributed by atoms with Gasteiger partial charge in [-0.1, -0.05) is 12.1 Å². The summed E-state index contributed by atoms with van der Waals surface area (Å²) in [6, 6.07) is 0. The Labute approximate surface area is 89.3 Å². The van der Waals surface area contributed by atoms with Crippen LogP contribution < -0.4 is 5.73 Å². The standard InChI is InChI=1S/C10H18N2O3/c1-2-9(10(11)13)15-8-5-3-7(12-14)4-6-8/h8-9,14H,2-6H2,1H3,(H2,11,13). The van der Waals surface area contributed by atoms with Crippen molar-refractivity contribution in [3.63, 3.8) is 0 Å². The van der Waals surface area contributed by atoms with Crippen LogP contribution in [0.3, 0.4) is 0 Å². The Morgan fingerprint density at radius 3 is 2.67 bits per heavy atom. The molecule has 86 valence electrons. The topological polar surface area (TPSA) is 84.9 Å². The van der Waals surface area contributed by atoms with Crippen molar-refractivity contribution in [3.8, 4) is 0 Å². The molecule has 1 amide bonds. The molecular weight excluding hydrogens is 196 g/mol. The van der Waals surface area contributed by atoms with E-state index in [-0.39, 0.29) is 6.10 Å². The summed E-state index contributed by atoms with van der Waals surface area (Å²) in [6.45, 7) is 1.87. The summed E-state index contributed by atoms with van der Waals surface area (Å²) in [7, 11) is 0. The van der Waals surface area contributed by atoms with Crippen molar-refractivity contribution in [2.75, 3.05) is 0 Å². The van der Waals surface area contributed by atoms with Crippen molar-refractivity contribution in [2.45, 2.75) is 51.2 Å². The normalized spacial score (nSPS) is 23.5. The highest BCUT2D eigenvalue weighted by Gasteiger charge is 2.23. The maximum absolute atomic E-state index is 11.0. The van der Waals surface area contributed by atoms with Gasteiger partial charge in [0.25, 0.3) is 0 Å². The van der Waals surface area contributed by atoms with Crippen molar-refractivity contribution >= 4 is 11.6 Å². The molecule has 0 aromatic heterocycles. The molecule has 0 aromatic carbocycles. The summed E-state index contributed by atoms with van der Waals surface area (Å²) >= 11 is 0. The maximum atomic E-state index is 11.0. The molecule has 0 saturated heterocycles. The van der Waals surface area contributed by atoms with Crippen LogP contribution >= 0.6 is 0 Å². The van der Waals surface area contributed by atoms with Crippen LogP contribution in [0.4, 0.5) is 0 Å².